The smallest absolute Gasteiger partial charge is 0.258 e. The molecule has 0 fully saturated rings. The molecule has 0 atom stereocenters. The Morgan fingerprint density at radius 1 is 1.35 bits per heavy atom. The summed E-state index contributed by atoms with van der Waals surface area (Å²) >= 11 is 0. The van der Waals surface area contributed by atoms with Crippen LogP contribution in [0.4, 0.5) is 27.6 Å². The van der Waals surface area contributed by atoms with Crippen molar-refractivity contribution in [2.24, 2.45) is 5.14 Å². The lowest BCUT2D eigenvalue weighted by Crippen LogP contribution is -2.20. The Bertz CT molecular complexity index is 657. The Balaban J connectivity index is 3.88. The second kappa shape index (κ2) is 4.90. The summed E-state index contributed by atoms with van der Waals surface area (Å²) in [4.78, 5) is 9.67. The molecular weight excluding hydrogens is 317 g/mol. The van der Waals surface area contributed by atoms with E-state index >= 15 is 0 Å². The largest absolute Gasteiger partial charge is 0.433 e. The highest BCUT2D eigenvalue weighted by Gasteiger charge is 2.40. The van der Waals surface area contributed by atoms with Crippen molar-refractivity contribution in [3.05, 3.63) is 27.6 Å². The van der Waals surface area contributed by atoms with Crippen molar-refractivity contribution in [1.82, 2.24) is 4.98 Å². The molecule has 13 heteroatoms. The number of pyridine rings is 1. The van der Waals surface area contributed by atoms with E-state index in [2.05, 4.69) is 10.1 Å². The minimum atomic E-state index is -5.27. The lowest BCUT2D eigenvalue weighted by atomic mass is 10.2. The zero-order chi connectivity index (χ0) is 15.9. The van der Waals surface area contributed by atoms with Crippen molar-refractivity contribution in [2.75, 3.05) is 0 Å². The van der Waals surface area contributed by atoms with Crippen LogP contribution in [-0.2, 0) is 16.2 Å². The van der Waals surface area contributed by atoms with E-state index in [9.17, 15) is 40.5 Å². The first-order chi connectivity index (χ1) is 8.85. The number of nitrogens with two attached hydrogens (primary N) is 1. The quantitative estimate of drug-likeness (QED) is 0.515. The van der Waals surface area contributed by atoms with Gasteiger partial charge in [-0.15, -0.1) is 0 Å². The van der Waals surface area contributed by atoms with E-state index in [4.69, 9.17) is 0 Å². The molecule has 1 heterocycles. The number of sulfonamides is 1. The first-order valence-corrected chi connectivity index (χ1v) is 5.97. The van der Waals surface area contributed by atoms with Crippen LogP contribution in [0.15, 0.2) is 11.0 Å². The second-order valence-electron chi connectivity index (χ2n) is 3.34. The number of halogens is 5. The van der Waals surface area contributed by atoms with Gasteiger partial charge in [0.1, 0.15) is 5.69 Å². The molecule has 0 aliphatic rings. The number of alkyl halides is 5. The highest BCUT2D eigenvalue weighted by atomic mass is 32.2. The van der Waals surface area contributed by atoms with Gasteiger partial charge in [0, 0.05) is 6.07 Å². The van der Waals surface area contributed by atoms with E-state index in [-0.39, 0.29) is 6.07 Å². The van der Waals surface area contributed by atoms with Crippen LogP contribution in [0.3, 0.4) is 0 Å². The van der Waals surface area contributed by atoms with Crippen LogP contribution < -0.4 is 5.14 Å². The zero-order valence-corrected chi connectivity index (χ0v) is 9.87. The van der Waals surface area contributed by atoms with Gasteiger partial charge in [-0.05, 0) is 0 Å². The van der Waals surface area contributed by atoms with E-state index in [0.717, 1.165) is 0 Å². The monoisotopic (exact) mass is 321 g/mol. The van der Waals surface area contributed by atoms with E-state index in [0.29, 0.717) is 0 Å². The van der Waals surface area contributed by atoms with Crippen molar-refractivity contribution in [2.45, 2.75) is 17.5 Å². The number of hydrogen-bond donors (Lipinski definition) is 1. The molecule has 0 aliphatic carbocycles. The van der Waals surface area contributed by atoms with Gasteiger partial charge in [-0.3, -0.25) is 10.1 Å². The van der Waals surface area contributed by atoms with Crippen LogP contribution >= 0.6 is 0 Å². The Kier molecular flexibility index (Phi) is 3.96. The average Bonchev–Trinajstić information content (AvgIpc) is 2.24. The van der Waals surface area contributed by atoms with Crippen LogP contribution in [0.2, 0.25) is 0 Å². The van der Waals surface area contributed by atoms with Gasteiger partial charge in [0.2, 0.25) is 10.0 Å². The molecule has 0 bridgehead atoms. The summed E-state index contributed by atoms with van der Waals surface area (Å²) in [6.45, 7) is 0. The highest BCUT2D eigenvalue weighted by Crippen LogP contribution is 2.37. The number of nitro groups is 1. The first-order valence-electron chi connectivity index (χ1n) is 4.43. The van der Waals surface area contributed by atoms with E-state index < -0.39 is 49.5 Å². The fourth-order valence-corrected chi connectivity index (χ4v) is 2.11. The summed E-state index contributed by atoms with van der Waals surface area (Å²) < 4.78 is 84.5. The standard InChI is InChI=1S/C7H4F5N3O4S/c8-6(9)4-5(20(13,18)19)2(15(16)17)1-3(14-4)7(10,11)12/h1,6H,(H2,13,18,19). The Hall–Kier alpha value is -1.89. The van der Waals surface area contributed by atoms with Crippen LogP contribution in [0.5, 0.6) is 0 Å². The minimum Gasteiger partial charge on any atom is -0.258 e. The Labute approximate surface area is 107 Å². The zero-order valence-electron chi connectivity index (χ0n) is 9.06. The molecule has 0 spiro atoms. The second-order valence-corrected chi connectivity index (χ2v) is 4.84. The SMILES string of the molecule is NS(=O)(=O)c1c([N+](=O)[O-])cc(C(F)(F)F)nc1C(F)F. The van der Waals surface area contributed by atoms with Crippen LogP contribution in [0, 0.1) is 10.1 Å². The van der Waals surface area contributed by atoms with Gasteiger partial charge >= 0.3 is 6.18 Å². The summed E-state index contributed by atoms with van der Waals surface area (Å²) in [5.41, 5.74) is -5.66. The lowest BCUT2D eigenvalue weighted by Gasteiger charge is -2.11. The van der Waals surface area contributed by atoms with Crippen molar-refractivity contribution in [3.63, 3.8) is 0 Å². The van der Waals surface area contributed by atoms with Crippen LogP contribution in [0.1, 0.15) is 17.8 Å². The summed E-state index contributed by atoms with van der Waals surface area (Å²) in [6.07, 6.45) is -9.07. The van der Waals surface area contributed by atoms with E-state index in [1.807, 2.05) is 0 Å². The maximum Gasteiger partial charge on any atom is 0.433 e. The number of primary sulfonamides is 1. The van der Waals surface area contributed by atoms with Gasteiger partial charge in [-0.2, -0.15) is 13.2 Å². The molecule has 7 nitrogen and oxygen atoms in total. The topological polar surface area (TPSA) is 116 Å². The molecule has 0 radical (unpaired) electrons. The van der Waals surface area contributed by atoms with Crippen molar-refractivity contribution >= 4 is 15.7 Å². The highest BCUT2D eigenvalue weighted by molar-refractivity contribution is 7.89. The molecule has 0 aliphatic heterocycles. The third-order valence-electron chi connectivity index (χ3n) is 1.96. The summed E-state index contributed by atoms with van der Waals surface area (Å²) in [7, 11) is -5.07. The minimum absolute atomic E-state index is 0.272. The number of hydrogen-bond acceptors (Lipinski definition) is 5. The molecule has 1 aromatic rings. The average molecular weight is 321 g/mol. The van der Waals surface area contributed by atoms with Crippen LogP contribution in [-0.4, -0.2) is 18.3 Å². The van der Waals surface area contributed by atoms with Gasteiger partial charge in [0.05, 0.1) is 4.92 Å². The molecule has 0 saturated heterocycles. The summed E-state index contributed by atoms with van der Waals surface area (Å²) in [6, 6.07) is -0.272. The van der Waals surface area contributed by atoms with E-state index in [1.54, 1.807) is 0 Å². The molecule has 2 N–H and O–H groups in total. The van der Waals surface area contributed by atoms with Gasteiger partial charge in [0.25, 0.3) is 12.1 Å². The normalized spacial score (nSPS) is 12.8. The predicted molar refractivity (Wildman–Crippen MR) is 52.2 cm³/mol. The molecule has 0 unspecified atom stereocenters. The molecule has 20 heavy (non-hydrogen) atoms. The van der Waals surface area contributed by atoms with Gasteiger partial charge in [-0.1, -0.05) is 0 Å². The van der Waals surface area contributed by atoms with Crippen molar-refractivity contribution < 1.29 is 35.3 Å². The maximum atomic E-state index is 12.6. The lowest BCUT2D eigenvalue weighted by molar-refractivity contribution is -0.388. The molecule has 0 saturated carbocycles. The van der Waals surface area contributed by atoms with Gasteiger partial charge in [-0.25, -0.2) is 27.3 Å². The summed E-state index contributed by atoms with van der Waals surface area (Å²) in [5.74, 6) is 0. The van der Waals surface area contributed by atoms with E-state index in [1.165, 1.54) is 0 Å². The number of rotatable bonds is 3. The molecule has 0 amide bonds. The van der Waals surface area contributed by atoms with Crippen molar-refractivity contribution in [1.29, 1.82) is 0 Å². The third-order valence-corrected chi connectivity index (χ3v) is 2.95. The maximum absolute atomic E-state index is 12.6. The summed E-state index contributed by atoms with van der Waals surface area (Å²) in [5, 5.41) is 15.1. The van der Waals surface area contributed by atoms with Gasteiger partial charge in [0.15, 0.2) is 10.6 Å². The van der Waals surface area contributed by atoms with Gasteiger partial charge < -0.3 is 0 Å². The molecular formula is C7H4F5N3O4S. The predicted octanol–water partition coefficient (Wildman–Crippen LogP) is 1.59. The number of aromatic nitrogens is 1. The molecule has 1 aromatic heterocycles. The molecule has 0 aromatic carbocycles. The fourth-order valence-electron chi connectivity index (χ4n) is 1.26. The van der Waals surface area contributed by atoms with Crippen molar-refractivity contribution in [3.8, 4) is 0 Å². The molecule has 1 rings (SSSR count). The molecule has 112 valence electrons. The fraction of sp³-hybridized carbons (Fsp3) is 0.286. The number of nitrogens with zero attached hydrogens (tertiary/aromatic N) is 2. The Morgan fingerprint density at radius 3 is 2.15 bits per heavy atom. The Morgan fingerprint density at radius 2 is 1.85 bits per heavy atom. The van der Waals surface area contributed by atoms with Crippen LogP contribution in [0.25, 0.3) is 0 Å². The third kappa shape index (κ3) is 3.16. The first kappa shape index (κ1) is 16.2.